The summed E-state index contributed by atoms with van der Waals surface area (Å²) in [7, 11) is 0. The number of rotatable bonds is 5. The summed E-state index contributed by atoms with van der Waals surface area (Å²) in [6, 6.07) is 66.7. The second-order valence-electron chi connectivity index (χ2n) is 14.4. The van der Waals surface area contributed by atoms with E-state index in [1.807, 2.05) is 35.6 Å². The largest absolute Gasteiger partial charge is 0.307 e. The van der Waals surface area contributed by atoms with Gasteiger partial charge in [0.05, 0.1) is 22.1 Å². The Morgan fingerprint density at radius 2 is 0.877 bits per heavy atom. The molecule has 0 saturated carbocycles. The molecule has 266 valence electrons. The van der Waals surface area contributed by atoms with Crippen molar-refractivity contribution in [2.45, 2.75) is 0 Å². The Balaban J connectivity index is 1.20. The molecule has 0 aliphatic heterocycles. The summed E-state index contributed by atoms with van der Waals surface area (Å²) in [5.74, 6) is 1.80. The summed E-state index contributed by atoms with van der Waals surface area (Å²) in [5, 5.41) is 7.19. The minimum atomic E-state index is 0.568. The van der Waals surface area contributed by atoms with Crippen molar-refractivity contribution in [3.63, 3.8) is 0 Å². The quantitative estimate of drug-likeness (QED) is 0.176. The molecule has 0 unspecified atom stereocenters. The van der Waals surface area contributed by atoms with Gasteiger partial charge in [-0.2, -0.15) is 9.97 Å². The molecule has 0 bridgehead atoms. The Bertz CT molecular complexity index is 3520. The normalized spacial score (nSPS) is 11.9. The predicted octanol–water partition coefficient (Wildman–Crippen LogP) is 13.4. The zero-order valence-electron chi connectivity index (χ0n) is 30.5. The lowest BCUT2D eigenvalue weighted by Crippen LogP contribution is -2.07. The molecular weight excluding hydrogens is 715 g/mol. The average Bonchev–Trinajstić information content (AvgIpc) is 3.94. The molecule has 8 aromatic carbocycles. The van der Waals surface area contributed by atoms with Gasteiger partial charge in [0.25, 0.3) is 0 Å². The summed E-state index contributed by atoms with van der Waals surface area (Å²) < 4.78 is 7.28. The Kier molecular flexibility index (Phi) is 7.03. The molecule has 5 nitrogen and oxygen atoms in total. The van der Waals surface area contributed by atoms with E-state index in [9.17, 15) is 0 Å². The van der Waals surface area contributed by atoms with Crippen LogP contribution in [0.1, 0.15) is 0 Å². The highest BCUT2D eigenvalue weighted by molar-refractivity contribution is 7.25. The van der Waals surface area contributed by atoms with Crippen LogP contribution in [0.15, 0.2) is 188 Å². The second-order valence-corrected chi connectivity index (χ2v) is 15.5. The first-order valence-corrected chi connectivity index (χ1v) is 19.9. The highest BCUT2D eigenvalue weighted by Gasteiger charge is 2.24. The van der Waals surface area contributed by atoms with Crippen LogP contribution in [0.25, 0.3) is 109 Å². The van der Waals surface area contributed by atoms with Gasteiger partial charge < -0.3 is 4.57 Å². The van der Waals surface area contributed by atoms with Crippen molar-refractivity contribution < 1.29 is 0 Å². The van der Waals surface area contributed by atoms with Crippen LogP contribution in [0.5, 0.6) is 0 Å². The molecule has 12 rings (SSSR count). The summed E-state index contributed by atoms with van der Waals surface area (Å²) in [4.78, 5) is 15.8. The van der Waals surface area contributed by atoms with Crippen molar-refractivity contribution in [1.82, 2.24) is 24.1 Å². The van der Waals surface area contributed by atoms with E-state index in [1.165, 1.54) is 30.9 Å². The number of fused-ring (bicyclic) bond motifs is 10. The van der Waals surface area contributed by atoms with Gasteiger partial charge >= 0.3 is 0 Å². The van der Waals surface area contributed by atoms with Crippen molar-refractivity contribution in [3.8, 4) is 45.5 Å². The molecule has 6 heteroatoms. The SMILES string of the molecule is c1ccc(-c2cccc(-c3nc(-c4ccccc4)nc(-n4c5ccccc5c5ccc6c7ccccc7n(-c7ccc8sc9ccccc9c8c7)c6c54)n3)c2)cc1. The molecule has 0 spiro atoms. The van der Waals surface area contributed by atoms with Crippen LogP contribution < -0.4 is 0 Å². The molecule has 0 N–H and O–H groups in total. The Labute approximate surface area is 331 Å². The fourth-order valence-corrected chi connectivity index (χ4v) is 9.69. The minimum absolute atomic E-state index is 0.568. The predicted molar refractivity (Wildman–Crippen MR) is 238 cm³/mol. The van der Waals surface area contributed by atoms with Crippen LogP contribution in [0.4, 0.5) is 0 Å². The Morgan fingerprint density at radius 1 is 0.333 bits per heavy atom. The van der Waals surface area contributed by atoms with E-state index in [2.05, 4.69) is 173 Å². The molecule has 0 aliphatic carbocycles. The van der Waals surface area contributed by atoms with Crippen molar-refractivity contribution in [2.24, 2.45) is 0 Å². The van der Waals surface area contributed by atoms with Crippen LogP contribution in [0, 0.1) is 0 Å². The zero-order chi connectivity index (χ0) is 37.5. The number of hydrogen-bond acceptors (Lipinski definition) is 4. The van der Waals surface area contributed by atoms with E-state index < -0.39 is 0 Å². The van der Waals surface area contributed by atoms with Gasteiger partial charge in [0, 0.05) is 58.5 Å². The molecule has 0 aliphatic rings. The lowest BCUT2D eigenvalue weighted by Gasteiger charge is -2.14. The zero-order valence-corrected chi connectivity index (χ0v) is 31.4. The molecule has 0 saturated heterocycles. The Morgan fingerprint density at radius 3 is 1.61 bits per heavy atom. The van der Waals surface area contributed by atoms with Crippen molar-refractivity contribution in [2.75, 3.05) is 0 Å². The maximum absolute atomic E-state index is 5.37. The van der Waals surface area contributed by atoms with Crippen LogP contribution >= 0.6 is 11.3 Å². The molecule has 4 aromatic heterocycles. The van der Waals surface area contributed by atoms with E-state index in [0.29, 0.717) is 17.6 Å². The first kappa shape index (κ1) is 31.9. The van der Waals surface area contributed by atoms with Gasteiger partial charge in [0.15, 0.2) is 11.6 Å². The van der Waals surface area contributed by atoms with Crippen molar-refractivity contribution in [3.05, 3.63) is 188 Å². The first-order chi connectivity index (χ1) is 28.3. The summed E-state index contributed by atoms with van der Waals surface area (Å²) in [6.45, 7) is 0. The van der Waals surface area contributed by atoms with Gasteiger partial charge in [-0.05, 0) is 53.6 Å². The maximum Gasteiger partial charge on any atom is 0.238 e. The van der Waals surface area contributed by atoms with Gasteiger partial charge in [-0.25, -0.2) is 4.98 Å². The van der Waals surface area contributed by atoms with E-state index in [4.69, 9.17) is 15.0 Å². The molecular formula is C51H31N5S. The van der Waals surface area contributed by atoms with Crippen LogP contribution in [0.2, 0.25) is 0 Å². The van der Waals surface area contributed by atoms with E-state index in [0.717, 1.165) is 60.8 Å². The van der Waals surface area contributed by atoms with Crippen molar-refractivity contribution in [1.29, 1.82) is 0 Å². The van der Waals surface area contributed by atoms with Gasteiger partial charge in [-0.15, -0.1) is 11.3 Å². The van der Waals surface area contributed by atoms with Crippen LogP contribution in [0.3, 0.4) is 0 Å². The molecule has 4 heterocycles. The molecule has 0 radical (unpaired) electrons. The highest BCUT2D eigenvalue weighted by Crippen LogP contribution is 2.43. The van der Waals surface area contributed by atoms with Gasteiger partial charge in [0.1, 0.15) is 0 Å². The summed E-state index contributed by atoms with van der Waals surface area (Å²) >= 11 is 1.84. The van der Waals surface area contributed by atoms with Crippen LogP contribution in [-0.4, -0.2) is 24.1 Å². The molecule has 0 amide bonds. The average molecular weight is 746 g/mol. The number of benzene rings is 8. The number of aromatic nitrogens is 5. The molecule has 0 fully saturated rings. The number of nitrogens with zero attached hydrogens (tertiary/aromatic N) is 5. The van der Waals surface area contributed by atoms with E-state index in [1.54, 1.807) is 0 Å². The van der Waals surface area contributed by atoms with Gasteiger partial charge in [0.2, 0.25) is 5.95 Å². The first-order valence-electron chi connectivity index (χ1n) is 19.1. The molecule has 12 aromatic rings. The number of thiophene rings is 1. The Hall–Kier alpha value is -7.41. The van der Waals surface area contributed by atoms with Crippen LogP contribution in [-0.2, 0) is 0 Å². The number of para-hydroxylation sites is 2. The monoisotopic (exact) mass is 745 g/mol. The highest BCUT2D eigenvalue weighted by atomic mass is 32.1. The third-order valence-corrected chi connectivity index (χ3v) is 12.3. The van der Waals surface area contributed by atoms with Gasteiger partial charge in [-0.3, -0.25) is 4.57 Å². The third kappa shape index (κ3) is 4.98. The topological polar surface area (TPSA) is 48.5 Å². The lowest BCUT2D eigenvalue weighted by molar-refractivity contribution is 0.953. The second kappa shape index (κ2) is 12.6. The summed E-state index contributed by atoms with van der Waals surface area (Å²) in [5.41, 5.74) is 9.55. The maximum atomic E-state index is 5.37. The fourth-order valence-electron chi connectivity index (χ4n) is 8.61. The third-order valence-electron chi connectivity index (χ3n) is 11.2. The smallest absolute Gasteiger partial charge is 0.238 e. The van der Waals surface area contributed by atoms with E-state index in [-0.39, 0.29) is 0 Å². The van der Waals surface area contributed by atoms with Crippen molar-refractivity contribution >= 4 is 75.1 Å². The lowest BCUT2D eigenvalue weighted by atomic mass is 10.0. The van der Waals surface area contributed by atoms with E-state index >= 15 is 0 Å². The minimum Gasteiger partial charge on any atom is -0.307 e. The molecule has 57 heavy (non-hydrogen) atoms. The standard InChI is InChI=1S/C51H31N5S/c1-3-14-32(15-4-1)34-18-13-19-35(30-34)50-52-49(33-16-5-2-6-17-33)53-51(54-50)56-44-24-11-8-21-38(44)41-28-27-40-37-20-7-10-23-43(37)55(47(40)48(41)56)36-26-29-46-42(31-36)39-22-9-12-25-45(39)57-46/h1-31H. The van der Waals surface area contributed by atoms with Gasteiger partial charge in [-0.1, -0.05) is 146 Å². The molecule has 0 atom stereocenters. The fraction of sp³-hybridized carbons (Fsp3) is 0. The summed E-state index contributed by atoms with van der Waals surface area (Å²) in [6.07, 6.45) is 0. The number of hydrogen-bond donors (Lipinski definition) is 0.